The minimum atomic E-state index is -1.89. The van der Waals surface area contributed by atoms with E-state index < -0.39 is 253 Å². The monoisotopic (exact) mass is 1950 g/mol. The summed E-state index contributed by atoms with van der Waals surface area (Å²) in [4.78, 5) is 237. The molecule has 6 aromatic carbocycles. The molecule has 2 saturated heterocycles. The van der Waals surface area contributed by atoms with Crippen LogP contribution >= 0.6 is 11.8 Å². The Bertz CT molecular complexity index is 5470. The van der Waals surface area contributed by atoms with E-state index in [4.69, 9.17) is 11.5 Å². The molecule has 37 nitrogen and oxygen atoms in total. The number of unbranched alkanes of at least 4 members (excludes halogenated alkanes) is 1. The number of ketones is 1. The Hall–Kier alpha value is -13.6. The van der Waals surface area contributed by atoms with E-state index in [1.165, 1.54) is 62.4 Å². The number of hydrogen-bond donors (Lipinski definition) is 16. The molecule has 3 heterocycles. The average molecular weight is 1950 g/mol. The number of aromatic amines is 1. The van der Waals surface area contributed by atoms with E-state index in [9.17, 15) is 73.1 Å². The maximum atomic E-state index is 15.6. The third-order valence-electron chi connectivity index (χ3n) is 24.4. The fourth-order valence-corrected chi connectivity index (χ4v) is 17.5. The Morgan fingerprint density at radius 1 is 0.540 bits per heavy atom. The van der Waals surface area contributed by atoms with E-state index in [2.05, 4.69) is 47.5 Å². The molecule has 0 aliphatic carbocycles. The summed E-state index contributed by atoms with van der Waals surface area (Å²) in [5, 5.41) is 74.1. The molecule has 13 amide bonds. The predicted octanol–water partition coefficient (Wildman–Crippen LogP) is 1.82. The van der Waals surface area contributed by atoms with Gasteiger partial charge in [-0.05, 0) is 113 Å². The molecule has 0 radical (unpaired) electrons. The Kier molecular flexibility index (Phi) is 40.5. The SMILES string of the molecule is CCCC[C@@H](C(=O)N1C[C@H](O)C[C@@H]1C(=O)N[C@H](C=O)CC(=O)O)N(C)C(=O)[C@H](Cc1ccccc1)N(C)C(=O)[C@H](Cc1cc(F)c(F)c(F)c1)NC(=O)CSC[C@H](NC(=O)[C@H](CC(C)C)NC(=O)[C@H](Cc1ccc(O)cc1)NC(=O)[C@H](Cc1c[nH]c2ccccc12)NC(=O)[C@H]1C[C@H](O)CN1C(=O)[C@H](Cc1ccc(O)cc1)NCC(=O)C(Cc1ccccc1)N(C)C(=O)[C@@H](N)C(C)C)C(=O)NCC(N)=O. The molecule has 139 heavy (non-hydrogen) atoms. The second-order valence-electron chi connectivity index (χ2n) is 35.8. The molecule has 15 atom stereocenters. The van der Waals surface area contributed by atoms with Gasteiger partial charge in [-0.2, -0.15) is 0 Å². The number of aromatic nitrogens is 1. The number of nitrogens with two attached hydrogens (primary N) is 2. The first kappa shape index (κ1) is 109. The lowest BCUT2D eigenvalue weighted by Gasteiger charge is -2.37. The number of nitrogens with zero attached hydrogens (tertiary/aromatic N) is 5. The molecular formula is C98H123F3N16O21S. The standard InChI is InChI=1S/C98H123F3N16O21S/c1-9-10-25-77(97(137)117-50-66(122)44-79(117)92(132)107-62(51-118)43-85(126)127)113(6)96(136)81(41-57-21-15-12-16-22-57)115(8)94(134)75(39-60-35-68(99)86(101)69(100)36-60)108-84(125)53-139-52-76(88(128)106-48-83(102)124)112-89(129)71(34-54(2)3)109-90(130)72(37-58-26-30-63(119)31-27-58)110-91(131)73(42-61-46-104-70-24-18-17-23-67(61)70)111-93(133)80-45-65(121)49-116(80)95(135)74(38-59-28-32-64(120)33-29-59)105-47-82(123)78(40-56-19-13-11-14-20-56)114(7)98(138)87(103)55(4)5/h11-24,26-33,35-36,46,51,54-55,62,65-66,71-81,87,104-105,119-122H,9-10,25,34,37-45,47-50,52-53,103H2,1-8H3,(H2,102,124)(H,106,128)(H,107,132)(H,108,125)(H,109,130)(H,110,131)(H,111,133)(H,112,129)(H,126,127)/t62-,65-,66+,71-,72-,73-,74-,75-,76-,77-,78?,79+,80+,81-,87-/m0/s1. The van der Waals surface area contributed by atoms with E-state index in [1.54, 1.807) is 138 Å². The largest absolute Gasteiger partial charge is 0.508 e. The fourth-order valence-electron chi connectivity index (χ4n) is 16.7. The number of rotatable bonds is 51. The highest BCUT2D eigenvalue weighted by Gasteiger charge is 2.47. The smallest absolute Gasteiger partial charge is 0.305 e. The van der Waals surface area contributed by atoms with Crippen LogP contribution in [0.2, 0.25) is 0 Å². The number of thioether (sulfide) groups is 1. The highest BCUT2D eigenvalue weighted by atomic mass is 32.2. The molecule has 748 valence electrons. The van der Waals surface area contributed by atoms with Gasteiger partial charge in [-0.25, -0.2) is 13.2 Å². The van der Waals surface area contributed by atoms with E-state index in [0.29, 0.717) is 75.5 Å². The number of aliphatic hydroxyl groups excluding tert-OH is 2. The van der Waals surface area contributed by atoms with Crippen LogP contribution in [0, 0.1) is 29.3 Å². The first-order valence-corrected chi connectivity index (χ1v) is 46.9. The lowest BCUT2D eigenvalue weighted by Crippen LogP contribution is -2.60. The van der Waals surface area contributed by atoms with Gasteiger partial charge in [0.15, 0.2) is 23.2 Å². The number of likely N-dealkylation sites (N-methyl/N-ethyl adjacent to an activating group) is 3. The number of aliphatic carboxylic acids is 1. The molecular weight excluding hydrogens is 1830 g/mol. The van der Waals surface area contributed by atoms with Gasteiger partial charge in [-0.15, -0.1) is 11.8 Å². The number of fused-ring (bicyclic) bond motifs is 1. The summed E-state index contributed by atoms with van der Waals surface area (Å²) >= 11 is 0.651. The third kappa shape index (κ3) is 31.2. The van der Waals surface area contributed by atoms with Gasteiger partial charge in [-0.1, -0.05) is 151 Å². The predicted molar refractivity (Wildman–Crippen MR) is 506 cm³/mol. The molecule has 41 heteroatoms. The number of phenolic OH excluding ortho intramolecular Hbond substituents is 2. The van der Waals surface area contributed by atoms with Gasteiger partial charge in [0.25, 0.3) is 0 Å². The average Bonchev–Trinajstić information content (AvgIpc) is 1.73. The van der Waals surface area contributed by atoms with Crippen molar-refractivity contribution in [1.29, 1.82) is 0 Å². The van der Waals surface area contributed by atoms with Crippen LogP contribution in [0.3, 0.4) is 0 Å². The summed E-state index contributed by atoms with van der Waals surface area (Å²) in [5.74, 6) is -21.6. The van der Waals surface area contributed by atoms with Crippen LogP contribution in [0.25, 0.3) is 10.9 Å². The minimum Gasteiger partial charge on any atom is -0.508 e. The maximum Gasteiger partial charge on any atom is 0.305 e. The number of halogens is 3. The molecule has 7 aromatic rings. The molecule has 0 spiro atoms. The van der Waals surface area contributed by atoms with Crippen molar-refractivity contribution in [1.82, 2.24) is 72.0 Å². The van der Waals surface area contributed by atoms with Gasteiger partial charge in [0.2, 0.25) is 76.8 Å². The Balaban J connectivity index is 0.963. The zero-order valence-corrected chi connectivity index (χ0v) is 79.3. The third-order valence-corrected chi connectivity index (χ3v) is 25.4. The van der Waals surface area contributed by atoms with E-state index >= 15 is 42.3 Å². The number of aldehydes is 1. The number of likely N-dealkylation sites (tertiary alicyclic amines) is 2. The van der Waals surface area contributed by atoms with Crippen LogP contribution in [0.15, 0.2) is 152 Å². The molecule has 2 aliphatic rings. The highest BCUT2D eigenvalue weighted by Crippen LogP contribution is 2.29. The number of phenols is 2. The second-order valence-corrected chi connectivity index (χ2v) is 36.8. The number of hydrogen-bond acceptors (Lipinski definition) is 23. The summed E-state index contributed by atoms with van der Waals surface area (Å²) in [7, 11) is 3.90. The summed E-state index contributed by atoms with van der Waals surface area (Å²) < 4.78 is 44.9. The number of Topliss-reactive ketones (excluding diaryl/α,β-unsaturated/α-hetero) is 1. The molecule has 18 N–H and O–H groups in total. The lowest BCUT2D eigenvalue weighted by atomic mass is 9.97. The van der Waals surface area contributed by atoms with E-state index in [0.717, 1.165) is 19.6 Å². The molecule has 2 fully saturated rings. The van der Waals surface area contributed by atoms with Crippen LogP contribution in [0.4, 0.5) is 13.2 Å². The van der Waals surface area contributed by atoms with Crippen molar-refractivity contribution < 1.29 is 115 Å². The van der Waals surface area contributed by atoms with Crippen molar-refractivity contribution in [2.45, 2.75) is 209 Å². The number of carboxylic acids is 1. The number of aromatic hydroxyl groups is 2. The van der Waals surface area contributed by atoms with Gasteiger partial charge in [0.05, 0.1) is 61.6 Å². The van der Waals surface area contributed by atoms with Crippen molar-refractivity contribution in [2.24, 2.45) is 23.3 Å². The zero-order chi connectivity index (χ0) is 102. The first-order chi connectivity index (χ1) is 66.0. The Morgan fingerprint density at radius 2 is 1.03 bits per heavy atom. The summed E-state index contributed by atoms with van der Waals surface area (Å²) in [6.45, 7) is 6.57. The van der Waals surface area contributed by atoms with Gasteiger partial charge < -0.3 is 108 Å². The number of para-hydroxylation sites is 1. The van der Waals surface area contributed by atoms with Crippen LogP contribution in [-0.4, -0.2) is 299 Å². The number of H-pyrrole nitrogens is 1. The topological polar surface area (TPSA) is 555 Å². The first-order valence-electron chi connectivity index (χ1n) is 45.8. The highest BCUT2D eigenvalue weighted by molar-refractivity contribution is 8.00. The number of carbonyl (C=O) groups excluding carboxylic acids is 15. The van der Waals surface area contributed by atoms with Gasteiger partial charge in [0, 0.05) is 95.6 Å². The number of primary amides is 1. The van der Waals surface area contributed by atoms with E-state index in [1.807, 2.05) is 0 Å². The van der Waals surface area contributed by atoms with Crippen LogP contribution in [0.1, 0.15) is 113 Å². The van der Waals surface area contributed by atoms with Crippen molar-refractivity contribution in [3.05, 3.63) is 203 Å². The molecule has 0 saturated carbocycles. The maximum absolute atomic E-state index is 15.6. The molecule has 1 aromatic heterocycles. The lowest BCUT2D eigenvalue weighted by molar-refractivity contribution is -0.152. The van der Waals surface area contributed by atoms with Gasteiger partial charge >= 0.3 is 5.97 Å². The fraction of sp³-hybridized carbons (Fsp3) is 0.449. The Labute approximate surface area is 806 Å². The molecule has 1 unspecified atom stereocenters. The summed E-state index contributed by atoms with van der Waals surface area (Å²) in [6.07, 6.45) is -3.58. The minimum absolute atomic E-state index is 0.0499. The summed E-state index contributed by atoms with van der Waals surface area (Å²) in [6, 6.07) is 17.2. The second kappa shape index (κ2) is 51.7. The number of aliphatic hydroxyl groups is 2. The number of β-amino-alcohol motifs (C(OH)–C–C–N with tert-alkyl or cyclic N) is 2. The summed E-state index contributed by atoms with van der Waals surface area (Å²) in [5.41, 5.74) is 14.5. The van der Waals surface area contributed by atoms with Gasteiger partial charge in [0.1, 0.15) is 72.2 Å². The molecule has 0 bridgehead atoms. The quantitative estimate of drug-likeness (QED) is 0.0191. The van der Waals surface area contributed by atoms with Crippen LogP contribution in [0.5, 0.6) is 11.5 Å². The number of nitrogens with one attached hydrogen (secondary N) is 9. The Morgan fingerprint density at radius 3 is 1.58 bits per heavy atom. The van der Waals surface area contributed by atoms with Crippen molar-refractivity contribution in [3.63, 3.8) is 0 Å². The number of benzene rings is 6. The molecule has 2 aliphatic heterocycles. The van der Waals surface area contributed by atoms with Crippen molar-refractivity contribution in [2.75, 3.05) is 58.8 Å². The van der Waals surface area contributed by atoms with Crippen LogP contribution in [-0.2, 0) is 115 Å². The van der Waals surface area contributed by atoms with Crippen LogP contribution < -0.4 is 54.0 Å². The van der Waals surface area contributed by atoms with Crippen molar-refractivity contribution >= 4 is 117 Å². The van der Waals surface area contributed by atoms with Crippen molar-refractivity contribution in [3.8, 4) is 11.5 Å². The number of carboxylic acid groups (broad SMARTS) is 1. The normalized spacial score (nSPS) is 17.0. The molecule has 9 rings (SSSR count). The van der Waals surface area contributed by atoms with Gasteiger partial charge in [-0.3, -0.25) is 77.2 Å². The number of carbonyl (C=O) groups is 16. The van der Waals surface area contributed by atoms with E-state index in [-0.39, 0.29) is 87.1 Å². The zero-order valence-electron chi connectivity index (χ0n) is 78.5. The number of amides is 13.